The third-order valence-corrected chi connectivity index (χ3v) is 3.21. The maximum absolute atomic E-state index is 11.8. The first kappa shape index (κ1) is 14.0. The van der Waals surface area contributed by atoms with Gasteiger partial charge in [0, 0.05) is 6.54 Å². The van der Waals surface area contributed by atoms with Crippen LogP contribution in [-0.4, -0.2) is 47.6 Å². The summed E-state index contributed by atoms with van der Waals surface area (Å²) >= 11 is 0. The highest BCUT2D eigenvalue weighted by Gasteiger charge is 2.21. The molecule has 1 heterocycles. The summed E-state index contributed by atoms with van der Waals surface area (Å²) in [5, 5.41) is 11.2. The minimum absolute atomic E-state index is 0.0154. The maximum atomic E-state index is 11.8. The van der Waals surface area contributed by atoms with Gasteiger partial charge in [-0.2, -0.15) is 0 Å². The van der Waals surface area contributed by atoms with Crippen molar-refractivity contribution in [2.75, 3.05) is 19.6 Å². The highest BCUT2D eigenvalue weighted by atomic mass is 16.4. The molecule has 0 aliphatic carbocycles. The summed E-state index contributed by atoms with van der Waals surface area (Å²) in [5.74, 6) is -0.944. The summed E-state index contributed by atoms with van der Waals surface area (Å²) < 4.78 is 0. The molecule has 0 aromatic rings. The van der Waals surface area contributed by atoms with Crippen LogP contribution < -0.4 is 5.32 Å². The second-order valence-electron chi connectivity index (χ2n) is 4.56. The van der Waals surface area contributed by atoms with Gasteiger partial charge in [0.15, 0.2) is 0 Å². The maximum Gasteiger partial charge on any atom is 0.305 e. The molecule has 0 saturated carbocycles. The molecule has 0 aromatic carbocycles. The molecule has 0 radical (unpaired) electrons. The van der Waals surface area contributed by atoms with E-state index < -0.39 is 5.97 Å². The van der Waals surface area contributed by atoms with Crippen LogP contribution in [0.3, 0.4) is 0 Å². The van der Waals surface area contributed by atoms with Crippen LogP contribution in [0, 0.1) is 0 Å². The van der Waals surface area contributed by atoms with E-state index in [2.05, 4.69) is 10.2 Å². The van der Waals surface area contributed by atoms with E-state index in [0.717, 1.165) is 25.9 Å². The molecule has 2 N–H and O–H groups in total. The lowest BCUT2D eigenvalue weighted by atomic mass is 10.2. The van der Waals surface area contributed by atoms with Crippen LogP contribution in [0.2, 0.25) is 0 Å². The number of nitrogens with one attached hydrogen (secondary N) is 1. The topological polar surface area (TPSA) is 69.6 Å². The number of rotatable bonds is 5. The average molecular weight is 242 g/mol. The molecule has 17 heavy (non-hydrogen) atoms. The predicted molar refractivity (Wildman–Crippen MR) is 64.8 cm³/mol. The molecule has 1 rings (SSSR count). The van der Waals surface area contributed by atoms with Gasteiger partial charge in [-0.1, -0.05) is 12.8 Å². The normalized spacial score (nSPS) is 19.4. The first-order valence-corrected chi connectivity index (χ1v) is 6.35. The van der Waals surface area contributed by atoms with Gasteiger partial charge >= 0.3 is 5.97 Å². The molecule has 1 saturated heterocycles. The standard InChI is InChI=1S/C12H22N2O3/c1-10(12(17)13-7-6-11(15)16)14-8-4-2-3-5-9-14/h10H,2-9H2,1H3,(H,13,17)(H,15,16). The Labute approximate surface area is 102 Å². The largest absolute Gasteiger partial charge is 0.481 e. The smallest absolute Gasteiger partial charge is 0.305 e. The van der Waals surface area contributed by atoms with Crippen molar-refractivity contribution in [2.45, 2.75) is 45.1 Å². The van der Waals surface area contributed by atoms with Crippen LogP contribution >= 0.6 is 0 Å². The predicted octanol–water partition coefficient (Wildman–Crippen LogP) is 0.842. The number of carbonyl (C=O) groups is 2. The fourth-order valence-corrected chi connectivity index (χ4v) is 2.09. The van der Waals surface area contributed by atoms with Crippen molar-refractivity contribution in [1.82, 2.24) is 10.2 Å². The van der Waals surface area contributed by atoms with Gasteiger partial charge in [0.1, 0.15) is 0 Å². The van der Waals surface area contributed by atoms with E-state index in [-0.39, 0.29) is 24.9 Å². The monoisotopic (exact) mass is 242 g/mol. The third-order valence-electron chi connectivity index (χ3n) is 3.21. The molecule has 1 fully saturated rings. The number of hydrogen-bond donors (Lipinski definition) is 2. The quantitative estimate of drug-likeness (QED) is 0.749. The van der Waals surface area contributed by atoms with Gasteiger partial charge in [-0.3, -0.25) is 14.5 Å². The molecule has 1 unspecified atom stereocenters. The van der Waals surface area contributed by atoms with Crippen LogP contribution in [0.25, 0.3) is 0 Å². The SMILES string of the molecule is CC(C(=O)NCCC(=O)O)N1CCCCCC1. The molecular formula is C12H22N2O3. The number of likely N-dealkylation sites (tertiary alicyclic amines) is 1. The summed E-state index contributed by atoms with van der Waals surface area (Å²) in [4.78, 5) is 24.3. The van der Waals surface area contributed by atoms with E-state index in [1.54, 1.807) is 0 Å². The summed E-state index contributed by atoms with van der Waals surface area (Å²) in [7, 11) is 0. The second-order valence-corrected chi connectivity index (χ2v) is 4.56. The van der Waals surface area contributed by atoms with E-state index >= 15 is 0 Å². The van der Waals surface area contributed by atoms with Gasteiger partial charge < -0.3 is 10.4 Å². The van der Waals surface area contributed by atoms with Crippen LogP contribution in [0.4, 0.5) is 0 Å². The Morgan fingerprint density at radius 1 is 1.24 bits per heavy atom. The number of amides is 1. The van der Waals surface area contributed by atoms with E-state index in [4.69, 9.17) is 5.11 Å². The minimum atomic E-state index is -0.882. The summed E-state index contributed by atoms with van der Waals surface area (Å²) in [6.45, 7) is 4.04. The highest BCUT2D eigenvalue weighted by Crippen LogP contribution is 2.12. The van der Waals surface area contributed by atoms with Crippen molar-refractivity contribution in [3.8, 4) is 0 Å². The zero-order valence-corrected chi connectivity index (χ0v) is 10.4. The lowest BCUT2D eigenvalue weighted by Gasteiger charge is -2.26. The molecule has 0 bridgehead atoms. The Morgan fingerprint density at radius 2 is 1.82 bits per heavy atom. The summed E-state index contributed by atoms with van der Waals surface area (Å²) in [6.07, 6.45) is 4.76. The fourth-order valence-electron chi connectivity index (χ4n) is 2.09. The molecular weight excluding hydrogens is 220 g/mol. The molecule has 5 heteroatoms. The van der Waals surface area contributed by atoms with Gasteiger partial charge in [0.25, 0.3) is 0 Å². The number of hydrogen-bond acceptors (Lipinski definition) is 3. The highest BCUT2D eigenvalue weighted by molar-refractivity contribution is 5.81. The summed E-state index contributed by atoms with van der Waals surface area (Å²) in [5.41, 5.74) is 0. The lowest BCUT2D eigenvalue weighted by molar-refractivity contribution is -0.137. The Morgan fingerprint density at radius 3 is 2.35 bits per heavy atom. The Balaban J connectivity index is 2.31. The van der Waals surface area contributed by atoms with Crippen LogP contribution in [0.5, 0.6) is 0 Å². The zero-order valence-electron chi connectivity index (χ0n) is 10.4. The van der Waals surface area contributed by atoms with Crippen molar-refractivity contribution in [2.24, 2.45) is 0 Å². The van der Waals surface area contributed by atoms with Crippen molar-refractivity contribution in [1.29, 1.82) is 0 Å². The van der Waals surface area contributed by atoms with E-state index in [1.807, 2.05) is 6.92 Å². The number of carboxylic acid groups (broad SMARTS) is 1. The fraction of sp³-hybridized carbons (Fsp3) is 0.833. The molecule has 5 nitrogen and oxygen atoms in total. The van der Waals surface area contributed by atoms with Crippen molar-refractivity contribution in [3.63, 3.8) is 0 Å². The first-order valence-electron chi connectivity index (χ1n) is 6.35. The first-order chi connectivity index (χ1) is 8.11. The van der Waals surface area contributed by atoms with Crippen molar-refractivity contribution >= 4 is 11.9 Å². The zero-order chi connectivity index (χ0) is 12.7. The van der Waals surface area contributed by atoms with E-state index in [1.165, 1.54) is 12.8 Å². The van der Waals surface area contributed by atoms with Crippen molar-refractivity contribution < 1.29 is 14.7 Å². The van der Waals surface area contributed by atoms with Crippen LogP contribution in [0.15, 0.2) is 0 Å². The van der Waals surface area contributed by atoms with E-state index in [9.17, 15) is 9.59 Å². The molecule has 1 aliphatic rings. The number of nitrogens with zero attached hydrogens (tertiary/aromatic N) is 1. The second kappa shape index (κ2) is 7.27. The molecule has 0 spiro atoms. The van der Waals surface area contributed by atoms with E-state index in [0.29, 0.717) is 0 Å². The third kappa shape index (κ3) is 5.17. The van der Waals surface area contributed by atoms with Gasteiger partial charge in [-0.05, 0) is 32.9 Å². The molecule has 1 aliphatic heterocycles. The molecule has 98 valence electrons. The number of carbonyl (C=O) groups excluding carboxylic acids is 1. The Kier molecular flexibility index (Phi) is 5.97. The van der Waals surface area contributed by atoms with Crippen LogP contribution in [-0.2, 0) is 9.59 Å². The van der Waals surface area contributed by atoms with Crippen molar-refractivity contribution in [3.05, 3.63) is 0 Å². The lowest BCUT2D eigenvalue weighted by Crippen LogP contribution is -2.45. The Hall–Kier alpha value is -1.10. The summed E-state index contributed by atoms with van der Waals surface area (Å²) in [6, 6.07) is -0.151. The molecule has 1 atom stereocenters. The molecule has 0 aromatic heterocycles. The van der Waals surface area contributed by atoms with Gasteiger partial charge in [0.05, 0.1) is 12.5 Å². The molecule has 1 amide bonds. The van der Waals surface area contributed by atoms with Crippen LogP contribution in [0.1, 0.15) is 39.0 Å². The number of carboxylic acids is 1. The number of aliphatic carboxylic acids is 1. The average Bonchev–Trinajstić information content (AvgIpc) is 2.55. The minimum Gasteiger partial charge on any atom is -0.481 e. The Bertz CT molecular complexity index is 260. The van der Waals surface area contributed by atoms with Gasteiger partial charge in [-0.25, -0.2) is 0 Å². The van der Waals surface area contributed by atoms with Gasteiger partial charge in [0.2, 0.25) is 5.91 Å². The van der Waals surface area contributed by atoms with Gasteiger partial charge in [-0.15, -0.1) is 0 Å².